The predicted molar refractivity (Wildman–Crippen MR) is 78.9 cm³/mol. The van der Waals surface area contributed by atoms with E-state index < -0.39 is 15.2 Å². The summed E-state index contributed by atoms with van der Waals surface area (Å²) in [5.74, 6) is 1.56. The Labute approximate surface area is 112 Å². The molecule has 1 aromatic carbocycles. The van der Waals surface area contributed by atoms with Crippen molar-refractivity contribution in [2.45, 2.75) is 12.3 Å². The highest BCUT2D eigenvalue weighted by atomic mass is 32.2. The summed E-state index contributed by atoms with van der Waals surface area (Å²) in [6.07, 6.45) is 1.30. The third-order valence-electron chi connectivity index (χ3n) is 3.12. The van der Waals surface area contributed by atoms with Crippen LogP contribution in [0, 0.1) is 6.92 Å². The molecular weight excluding hydrogens is 268 g/mol. The smallest absolute Gasteiger partial charge is 0.169 e. The van der Waals surface area contributed by atoms with Crippen molar-refractivity contribution >= 4 is 33.0 Å². The zero-order chi connectivity index (χ0) is 13.3. The summed E-state index contributed by atoms with van der Waals surface area (Å²) in [5.41, 5.74) is 8.47. The number of anilines is 2. The Hall–Kier alpha value is -0.880. The van der Waals surface area contributed by atoms with Crippen molar-refractivity contribution in [3.05, 3.63) is 23.8 Å². The highest BCUT2D eigenvalue weighted by Crippen LogP contribution is 2.30. The van der Waals surface area contributed by atoms with E-state index in [1.54, 1.807) is 11.8 Å². The molecule has 0 aromatic heterocycles. The zero-order valence-electron chi connectivity index (χ0n) is 10.6. The van der Waals surface area contributed by atoms with E-state index in [9.17, 15) is 8.42 Å². The van der Waals surface area contributed by atoms with Crippen molar-refractivity contribution in [2.24, 2.45) is 0 Å². The summed E-state index contributed by atoms with van der Waals surface area (Å²) in [6, 6.07) is 5.64. The van der Waals surface area contributed by atoms with Crippen molar-refractivity contribution in [3.8, 4) is 0 Å². The molecule has 6 heteroatoms. The fourth-order valence-electron chi connectivity index (χ4n) is 2.15. The summed E-state index contributed by atoms with van der Waals surface area (Å²) in [7, 11) is -3.09. The van der Waals surface area contributed by atoms with Crippen LogP contribution in [-0.4, -0.2) is 38.1 Å². The van der Waals surface area contributed by atoms with Crippen molar-refractivity contribution in [1.29, 1.82) is 0 Å². The van der Waals surface area contributed by atoms with Gasteiger partial charge in [0.05, 0.1) is 0 Å². The van der Waals surface area contributed by atoms with E-state index in [-0.39, 0.29) is 0 Å². The van der Waals surface area contributed by atoms with Crippen LogP contribution in [0.5, 0.6) is 0 Å². The Balaban J connectivity index is 2.43. The molecule has 1 aliphatic rings. The zero-order valence-corrected chi connectivity index (χ0v) is 12.2. The summed E-state index contributed by atoms with van der Waals surface area (Å²) in [6.45, 7) is 2.72. The van der Waals surface area contributed by atoms with Gasteiger partial charge in [-0.3, -0.25) is 0 Å². The number of benzene rings is 1. The molecule has 0 saturated carbocycles. The largest absolute Gasteiger partial charge is 0.399 e. The third kappa shape index (κ3) is 2.75. The first-order valence-electron chi connectivity index (χ1n) is 5.79. The van der Waals surface area contributed by atoms with E-state index in [0.717, 1.165) is 23.5 Å². The molecule has 1 aromatic rings. The molecule has 18 heavy (non-hydrogen) atoms. The molecule has 1 fully saturated rings. The van der Waals surface area contributed by atoms with Gasteiger partial charge in [0.15, 0.2) is 9.84 Å². The van der Waals surface area contributed by atoms with Gasteiger partial charge >= 0.3 is 0 Å². The van der Waals surface area contributed by atoms with Crippen LogP contribution in [0.3, 0.4) is 0 Å². The Bertz CT molecular complexity index is 543. The van der Waals surface area contributed by atoms with Crippen LogP contribution >= 0.6 is 11.8 Å². The summed E-state index contributed by atoms with van der Waals surface area (Å²) >= 11 is 1.69. The third-order valence-corrected chi connectivity index (χ3v) is 5.76. The quantitative estimate of drug-likeness (QED) is 0.835. The second-order valence-corrected chi connectivity index (χ2v) is 7.95. The molecule has 1 heterocycles. The number of hydrogen-bond acceptors (Lipinski definition) is 5. The predicted octanol–water partition coefficient (Wildman–Crippen LogP) is 1.50. The first-order valence-corrected chi connectivity index (χ1v) is 8.90. The maximum atomic E-state index is 11.9. The second kappa shape index (κ2) is 5.01. The fourth-order valence-corrected chi connectivity index (χ4v) is 4.98. The van der Waals surface area contributed by atoms with Crippen LogP contribution in [0.1, 0.15) is 5.56 Å². The first-order chi connectivity index (χ1) is 8.39. The second-order valence-electron chi connectivity index (χ2n) is 4.60. The van der Waals surface area contributed by atoms with Crippen molar-refractivity contribution in [2.75, 3.05) is 34.9 Å². The molecule has 0 bridgehead atoms. The van der Waals surface area contributed by atoms with Crippen LogP contribution < -0.4 is 10.6 Å². The Kier molecular flexibility index (Phi) is 3.77. The van der Waals surface area contributed by atoms with Gasteiger partial charge in [0.1, 0.15) is 5.37 Å². The number of hydrogen-bond donors (Lipinski definition) is 1. The minimum atomic E-state index is -3.09. The maximum Gasteiger partial charge on any atom is 0.169 e. The standard InChI is InChI=1S/C12H18N2O2S2/c1-9-3-4-10(13)7-11(9)14-5-6-17-8-12(14)18(2,15)16/h3-4,7,12H,5-6,8,13H2,1-2H3. The molecule has 1 atom stereocenters. The Morgan fingerprint density at radius 1 is 1.44 bits per heavy atom. The normalized spacial score (nSPS) is 21.0. The van der Waals surface area contributed by atoms with E-state index in [4.69, 9.17) is 5.73 Å². The number of sulfone groups is 1. The number of thioether (sulfide) groups is 1. The number of nitrogens with two attached hydrogens (primary N) is 1. The monoisotopic (exact) mass is 286 g/mol. The van der Waals surface area contributed by atoms with Gasteiger partial charge in [0, 0.05) is 35.7 Å². The molecular formula is C12H18N2O2S2. The maximum absolute atomic E-state index is 11.9. The Morgan fingerprint density at radius 3 is 2.83 bits per heavy atom. The molecule has 100 valence electrons. The fraction of sp³-hybridized carbons (Fsp3) is 0.500. The minimum absolute atomic E-state index is 0.447. The minimum Gasteiger partial charge on any atom is -0.399 e. The molecule has 2 N–H and O–H groups in total. The molecule has 0 aliphatic carbocycles. The summed E-state index contributed by atoms with van der Waals surface area (Å²) < 4.78 is 23.8. The van der Waals surface area contributed by atoms with Crippen molar-refractivity contribution in [3.63, 3.8) is 0 Å². The van der Waals surface area contributed by atoms with Gasteiger partial charge in [-0.15, -0.1) is 0 Å². The van der Waals surface area contributed by atoms with Crippen LogP contribution in [0.4, 0.5) is 11.4 Å². The lowest BCUT2D eigenvalue weighted by Gasteiger charge is -2.36. The average molecular weight is 286 g/mol. The lowest BCUT2D eigenvalue weighted by atomic mass is 10.1. The molecule has 1 unspecified atom stereocenters. The van der Waals surface area contributed by atoms with E-state index in [1.165, 1.54) is 6.26 Å². The summed E-state index contributed by atoms with van der Waals surface area (Å²) in [4.78, 5) is 1.97. The molecule has 1 saturated heterocycles. The highest BCUT2D eigenvalue weighted by Gasteiger charge is 2.31. The topological polar surface area (TPSA) is 63.4 Å². The molecule has 4 nitrogen and oxygen atoms in total. The molecule has 0 spiro atoms. The number of nitrogen functional groups attached to an aromatic ring is 1. The number of nitrogens with zero attached hydrogens (tertiary/aromatic N) is 1. The van der Waals surface area contributed by atoms with Gasteiger partial charge in [-0.1, -0.05) is 6.07 Å². The highest BCUT2D eigenvalue weighted by molar-refractivity contribution is 8.01. The van der Waals surface area contributed by atoms with Gasteiger partial charge in [0.25, 0.3) is 0 Å². The average Bonchev–Trinajstić information content (AvgIpc) is 2.31. The van der Waals surface area contributed by atoms with E-state index >= 15 is 0 Å². The molecule has 1 aliphatic heterocycles. The van der Waals surface area contributed by atoms with E-state index in [2.05, 4.69) is 0 Å². The molecule has 0 radical (unpaired) electrons. The van der Waals surface area contributed by atoms with E-state index in [1.807, 2.05) is 30.0 Å². The number of rotatable bonds is 2. The van der Waals surface area contributed by atoms with Gasteiger partial charge < -0.3 is 10.6 Å². The van der Waals surface area contributed by atoms with Gasteiger partial charge in [-0.25, -0.2) is 8.42 Å². The number of aryl methyl sites for hydroxylation is 1. The first kappa shape index (κ1) is 13.5. The SMILES string of the molecule is Cc1ccc(N)cc1N1CCSCC1S(C)(=O)=O. The summed E-state index contributed by atoms with van der Waals surface area (Å²) in [5, 5.41) is -0.447. The lowest BCUT2D eigenvalue weighted by molar-refractivity contribution is 0.584. The van der Waals surface area contributed by atoms with Crippen molar-refractivity contribution in [1.82, 2.24) is 0 Å². The van der Waals surface area contributed by atoms with Gasteiger partial charge in [0.2, 0.25) is 0 Å². The van der Waals surface area contributed by atoms with Crippen molar-refractivity contribution < 1.29 is 8.42 Å². The van der Waals surface area contributed by atoms with Crippen LogP contribution in [0.15, 0.2) is 18.2 Å². The Morgan fingerprint density at radius 2 is 2.17 bits per heavy atom. The molecule has 2 rings (SSSR count). The van der Waals surface area contributed by atoms with Gasteiger partial charge in [-0.2, -0.15) is 11.8 Å². The van der Waals surface area contributed by atoms with Crippen LogP contribution in [0.2, 0.25) is 0 Å². The molecule has 0 amide bonds. The lowest BCUT2D eigenvalue weighted by Crippen LogP contribution is -2.47. The van der Waals surface area contributed by atoms with Crippen LogP contribution in [-0.2, 0) is 9.84 Å². The van der Waals surface area contributed by atoms with Gasteiger partial charge in [-0.05, 0) is 24.6 Å². The van der Waals surface area contributed by atoms with E-state index in [0.29, 0.717) is 11.4 Å². The van der Waals surface area contributed by atoms with Crippen LogP contribution in [0.25, 0.3) is 0 Å².